The van der Waals surface area contributed by atoms with Crippen LogP contribution < -0.4 is 10.2 Å². The minimum Gasteiger partial charge on any atom is -0.756 e. The monoisotopic (exact) mass is 1140 g/mol. The number of esters is 1. The number of likely N-dealkylation sites (N-methyl/N-ethyl adjacent to an activating group) is 1. The summed E-state index contributed by atoms with van der Waals surface area (Å²) in [5.41, 5.74) is 0. The first-order valence-corrected chi connectivity index (χ1v) is 34.5. The van der Waals surface area contributed by atoms with E-state index < -0.39 is 26.6 Å². The van der Waals surface area contributed by atoms with E-state index in [1.165, 1.54) is 135 Å². The number of carbonyl (C=O) groups excluding carboxylic acids is 2. The van der Waals surface area contributed by atoms with Crippen LogP contribution in [0.15, 0.2) is 97.2 Å². The number of nitrogens with one attached hydrogen (secondary N) is 1. The van der Waals surface area contributed by atoms with Crippen molar-refractivity contribution in [1.29, 1.82) is 0 Å². The Labute approximate surface area is 494 Å². The van der Waals surface area contributed by atoms with Crippen LogP contribution in [-0.2, 0) is 27.9 Å². The van der Waals surface area contributed by atoms with Gasteiger partial charge in [0.05, 0.1) is 33.8 Å². The number of quaternary nitrogens is 1. The standard InChI is InChI=1S/C70H125N2O7P/c1-7-10-13-16-19-22-25-28-30-32-33-34-35-36-37-38-39-41-43-45-48-51-54-57-60-63-70(74)79-68(61-58-55-52-49-46-27-24-21-18-15-12-9-3)67(66-78-80(75,76)77-65-64-72(4,5)6)71-69(73)62-59-56-53-50-47-44-42-40-31-29-26-23-20-17-14-11-8-2/h19-20,22-23,28-31,33-34,36-37,42,44,58,61,67-68H,7-18,21,24-27,32,35,38-41,43,45-57,59-60,62-66H2,1-6H3,(H-,71,73,75,76)/b22-19-,23-20-,30-28-,31-29-,34-33-,37-36-,44-42-,61-58-. The first kappa shape index (κ1) is 76.9. The molecule has 0 spiro atoms. The number of nitrogens with zero attached hydrogens (tertiary/aromatic N) is 1. The van der Waals surface area contributed by atoms with Crippen LogP contribution in [0.4, 0.5) is 0 Å². The van der Waals surface area contributed by atoms with E-state index in [9.17, 15) is 19.0 Å². The molecule has 0 heterocycles. The predicted molar refractivity (Wildman–Crippen MR) is 344 cm³/mol. The molecule has 1 amide bonds. The Morgan fingerprint density at radius 3 is 1.16 bits per heavy atom. The molecule has 462 valence electrons. The average Bonchev–Trinajstić information content (AvgIpc) is 3.42. The molecular formula is C70H125N2O7P. The van der Waals surface area contributed by atoms with Gasteiger partial charge in [0.1, 0.15) is 19.3 Å². The molecule has 3 unspecified atom stereocenters. The quantitative estimate of drug-likeness (QED) is 0.0212. The minimum absolute atomic E-state index is 0.0320. The zero-order valence-electron chi connectivity index (χ0n) is 52.8. The van der Waals surface area contributed by atoms with Gasteiger partial charge in [-0.1, -0.05) is 253 Å². The van der Waals surface area contributed by atoms with E-state index in [2.05, 4.69) is 111 Å². The number of phosphoric ester groups is 1. The van der Waals surface area contributed by atoms with Gasteiger partial charge >= 0.3 is 5.97 Å². The van der Waals surface area contributed by atoms with E-state index in [-0.39, 0.29) is 31.3 Å². The highest BCUT2D eigenvalue weighted by atomic mass is 31.2. The summed E-state index contributed by atoms with van der Waals surface area (Å²) in [6.45, 7) is 6.77. The molecule has 10 heteroatoms. The van der Waals surface area contributed by atoms with Crippen LogP contribution in [0.5, 0.6) is 0 Å². The fourth-order valence-electron chi connectivity index (χ4n) is 9.10. The van der Waals surface area contributed by atoms with E-state index >= 15 is 0 Å². The molecule has 3 atom stereocenters. The van der Waals surface area contributed by atoms with Crippen molar-refractivity contribution < 1.29 is 37.3 Å². The molecule has 0 aromatic carbocycles. The predicted octanol–water partition coefficient (Wildman–Crippen LogP) is 20.1. The van der Waals surface area contributed by atoms with Crippen molar-refractivity contribution in [3.05, 3.63) is 97.2 Å². The second-order valence-electron chi connectivity index (χ2n) is 23.3. The minimum atomic E-state index is -4.71. The van der Waals surface area contributed by atoms with Crippen LogP contribution in [0.3, 0.4) is 0 Å². The zero-order valence-corrected chi connectivity index (χ0v) is 53.7. The lowest BCUT2D eigenvalue weighted by Crippen LogP contribution is -2.47. The number of hydrogen-bond donors (Lipinski definition) is 1. The van der Waals surface area contributed by atoms with Crippen molar-refractivity contribution in [1.82, 2.24) is 5.32 Å². The smallest absolute Gasteiger partial charge is 0.306 e. The average molecular weight is 1140 g/mol. The Morgan fingerprint density at radius 2 is 0.762 bits per heavy atom. The highest BCUT2D eigenvalue weighted by molar-refractivity contribution is 7.45. The lowest BCUT2D eigenvalue weighted by molar-refractivity contribution is -0.870. The maximum absolute atomic E-state index is 13.5. The first-order chi connectivity index (χ1) is 38.9. The molecule has 0 bridgehead atoms. The molecule has 9 nitrogen and oxygen atoms in total. The lowest BCUT2D eigenvalue weighted by atomic mass is 10.0. The van der Waals surface area contributed by atoms with Gasteiger partial charge in [0.25, 0.3) is 7.82 Å². The van der Waals surface area contributed by atoms with E-state index in [1.807, 2.05) is 33.3 Å². The molecule has 0 radical (unpaired) electrons. The fraction of sp³-hybridized carbons (Fsp3) is 0.743. The highest BCUT2D eigenvalue weighted by Crippen LogP contribution is 2.38. The van der Waals surface area contributed by atoms with Gasteiger partial charge in [-0.15, -0.1) is 0 Å². The first-order valence-electron chi connectivity index (χ1n) is 33.0. The lowest BCUT2D eigenvalue weighted by Gasteiger charge is -2.30. The summed E-state index contributed by atoms with van der Waals surface area (Å²) in [4.78, 5) is 40.1. The highest BCUT2D eigenvalue weighted by Gasteiger charge is 2.27. The zero-order chi connectivity index (χ0) is 58.6. The Morgan fingerprint density at radius 1 is 0.438 bits per heavy atom. The van der Waals surface area contributed by atoms with Gasteiger partial charge in [0, 0.05) is 12.8 Å². The largest absolute Gasteiger partial charge is 0.756 e. The molecule has 0 saturated heterocycles. The number of ether oxygens (including phenoxy) is 1. The van der Waals surface area contributed by atoms with Gasteiger partial charge in [0.15, 0.2) is 0 Å². The SMILES string of the molecule is CCCCC/C=C\C/C=C\C/C=C\C/C=C\CCCCCCCCCCCC(=O)OC(/C=C\CCCCCCCCCCCC)C(COP(=O)([O-])OCC[N+](C)(C)C)NC(=O)CCCCCC/C=C\C/C=C\C/C=C\CCCCC. The van der Waals surface area contributed by atoms with E-state index in [4.69, 9.17) is 13.8 Å². The van der Waals surface area contributed by atoms with Crippen LogP contribution in [0.1, 0.15) is 284 Å². The molecule has 0 aliphatic rings. The second-order valence-corrected chi connectivity index (χ2v) is 24.7. The maximum atomic E-state index is 13.5. The van der Waals surface area contributed by atoms with Crippen molar-refractivity contribution >= 4 is 19.7 Å². The van der Waals surface area contributed by atoms with Crippen molar-refractivity contribution in [3.8, 4) is 0 Å². The Hall–Kier alpha value is -3.07. The van der Waals surface area contributed by atoms with Gasteiger partial charge < -0.3 is 28.5 Å². The molecule has 1 N–H and O–H groups in total. The van der Waals surface area contributed by atoms with E-state index in [0.717, 1.165) is 109 Å². The number of hydrogen-bond acceptors (Lipinski definition) is 7. The van der Waals surface area contributed by atoms with Crippen LogP contribution in [0.25, 0.3) is 0 Å². The molecule has 0 rings (SSSR count). The molecule has 0 fully saturated rings. The summed E-state index contributed by atoms with van der Waals surface area (Å²) in [6.07, 6.45) is 79.4. The summed E-state index contributed by atoms with van der Waals surface area (Å²) in [5.74, 6) is -0.574. The van der Waals surface area contributed by atoms with Gasteiger partial charge in [-0.05, 0) is 115 Å². The topological polar surface area (TPSA) is 114 Å². The van der Waals surface area contributed by atoms with Crippen molar-refractivity contribution in [2.45, 2.75) is 296 Å². The fourth-order valence-corrected chi connectivity index (χ4v) is 9.82. The third-order valence-corrected chi connectivity index (χ3v) is 15.2. The molecule has 0 aromatic heterocycles. The summed E-state index contributed by atoms with van der Waals surface area (Å²) in [5, 5.41) is 3.02. The van der Waals surface area contributed by atoms with Crippen molar-refractivity contribution in [2.24, 2.45) is 0 Å². The molecular weight excluding hydrogens is 1010 g/mol. The van der Waals surface area contributed by atoms with Gasteiger partial charge in [-0.3, -0.25) is 14.2 Å². The maximum Gasteiger partial charge on any atom is 0.306 e. The number of phosphoric acid groups is 1. The van der Waals surface area contributed by atoms with Gasteiger partial charge in [0.2, 0.25) is 5.91 Å². The Balaban J connectivity index is 5.19. The van der Waals surface area contributed by atoms with Crippen molar-refractivity contribution in [3.63, 3.8) is 0 Å². The summed E-state index contributed by atoms with van der Waals surface area (Å²) in [6, 6.07) is -0.908. The number of carbonyl (C=O) groups is 2. The Kier molecular flexibility index (Phi) is 56.8. The van der Waals surface area contributed by atoms with Crippen LogP contribution in [0, 0.1) is 0 Å². The third-order valence-electron chi connectivity index (χ3n) is 14.2. The van der Waals surface area contributed by atoms with Crippen molar-refractivity contribution in [2.75, 3.05) is 40.9 Å². The van der Waals surface area contributed by atoms with E-state index in [0.29, 0.717) is 17.4 Å². The number of unbranched alkanes of at least 4 members (excludes halogenated alkanes) is 29. The van der Waals surface area contributed by atoms with Gasteiger partial charge in [-0.2, -0.15) is 0 Å². The van der Waals surface area contributed by atoms with E-state index in [1.54, 1.807) is 0 Å². The Bertz CT molecular complexity index is 1690. The molecule has 0 aromatic rings. The third kappa shape index (κ3) is 59.5. The molecule has 0 aliphatic heterocycles. The summed E-state index contributed by atoms with van der Waals surface area (Å²) in [7, 11) is 1.16. The number of allylic oxidation sites excluding steroid dienone is 15. The summed E-state index contributed by atoms with van der Waals surface area (Å²) >= 11 is 0. The summed E-state index contributed by atoms with van der Waals surface area (Å²) < 4.78 is 30.3. The van der Waals surface area contributed by atoms with Crippen LogP contribution in [0.2, 0.25) is 0 Å². The molecule has 0 aliphatic carbocycles. The molecule has 80 heavy (non-hydrogen) atoms. The second kappa shape index (κ2) is 59.1. The van der Waals surface area contributed by atoms with Crippen LogP contribution >= 0.6 is 7.82 Å². The normalized spacial score (nSPS) is 14.2. The van der Waals surface area contributed by atoms with Gasteiger partial charge in [-0.25, -0.2) is 0 Å². The van der Waals surface area contributed by atoms with Crippen LogP contribution in [-0.4, -0.2) is 69.4 Å². The number of rotatable bonds is 59. The number of amides is 1. The molecule has 0 saturated carbocycles.